The number of carbonyl (C=O) groups is 2. The average molecular weight is 490 g/mol. The Kier molecular flexibility index (Phi) is 8.92. The lowest BCUT2D eigenvalue weighted by Crippen LogP contribution is -2.38. The number of rotatable bonds is 9. The maximum atomic E-state index is 13.3. The summed E-state index contributed by atoms with van der Waals surface area (Å²) in [6, 6.07) is 18.6. The molecule has 0 aliphatic rings. The first kappa shape index (κ1) is 24.4. The fraction of sp³-hybridized carbons (Fsp3) is 0.167. The highest BCUT2D eigenvalue weighted by molar-refractivity contribution is 6.30. The summed E-state index contributed by atoms with van der Waals surface area (Å²) >= 11 is 11.7. The number of urea groups is 1. The van der Waals surface area contributed by atoms with Gasteiger partial charge in [-0.3, -0.25) is 9.69 Å². The van der Waals surface area contributed by atoms with Crippen molar-refractivity contribution < 1.29 is 18.7 Å². The lowest BCUT2D eigenvalue weighted by molar-refractivity contribution is -0.123. The zero-order valence-corrected chi connectivity index (χ0v) is 19.1. The van der Waals surface area contributed by atoms with Gasteiger partial charge in [-0.1, -0.05) is 23.2 Å². The van der Waals surface area contributed by atoms with Crippen molar-refractivity contribution in [1.29, 1.82) is 0 Å². The Labute approximate surface area is 201 Å². The molecule has 3 rings (SSSR count). The van der Waals surface area contributed by atoms with Crippen molar-refractivity contribution in [2.24, 2.45) is 0 Å². The smallest absolute Gasteiger partial charge is 0.326 e. The number of halogens is 3. The SMILES string of the molecule is O=C(COc1ccc(Cl)cc1)NCCCN(C(=O)Nc1ccc(Cl)cc1)c1ccc(F)cc1. The van der Waals surface area contributed by atoms with Crippen molar-refractivity contribution >= 4 is 46.5 Å². The lowest BCUT2D eigenvalue weighted by Gasteiger charge is -2.23. The Hall–Kier alpha value is -3.29. The van der Waals surface area contributed by atoms with E-state index in [9.17, 15) is 14.0 Å². The van der Waals surface area contributed by atoms with Gasteiger partial charge in [-0.15, -0.1) is 0 Å². The number of hydrogen-bond donors (Lipinski definition) is 2. The van der Waals surface area contributed by atoms with Gasteiger partial charge in [-0.2, -0.15) is 0 Å². The van der Waals surface area contributed by atoms with E-state index in [4.69, 9.17) is 27.9 Å². The molecule has 0 unspecified atom stereocenters. The Morgan fingerprint density at radius 3 is 2.12 bits per heavy atom. The highest BCUT2D eigenvalue weighted by Crippen LogP contribution is 2.19. The van der Waals surface area contributed by atoms with Crippen LogP contribution in [-0.2, 0) is 4.79 Å². The molecule has 0 radical (unpaired) electrons. The first-order valence-corrected chi connectivity index (χ1v) is 10.9. The zero-order valence-electron chi connectivity index (χ0n) is 17.6. The molecular formula is C24H22Cl2FN3O3. The number of nitrogens with zero attached hydrogens (tertiary/aromatic N) is 1. The maximum absolute atomic E-state index is 13.3. The fourth-order valence-electron chi connectivity index (χ4n) is 2.89. The highest BCUT2D eigenvalue weighted by atomic mass is 35.5. The first-order valence-electron chi connectivity index (χ1n) is 10.2. The molecule has 0 heterocycles. The number of anilines is 2. The van der Waals surface area contributed by atoms with E-state index in [-0.39, 0.29) is 18.5 Å². The Morgan fingerprint density at radius 1 is 0.879 bits per heavy atom. The molecule has 0 spiro atoms. The average Bonchev–Trinajstić information content (AvgIpc) is 2.81. The van der Waals surface area contributed by atoms with Crippen LogP contribution in [0, 0.1) is 5.82 Å². The van der Waals surface area contributed by atoms with Crippen LogP contribution in [-0.4, -0.2) is 31.6 Å². The van der Waals surface area contributed by atoms with Crippen LogP contribution < -0.4 is 20.3 Å². The molecule has 0 bridgehead atoms. The quantitative estimate of drug-likeness (QED) is 0.375. The van der Waals surface area contributed by atoms with Gasteiger partial charge in [-0.25, -0.2) is 9.18 Å². The topological polar surface area (TPSA) is 70.7 Å². The standard InChI is InChI=1S/C24H22Cl2FN3O3/c25-17-2-8-20(9-3-17)29-24(32)30(21-10-6-19(27)7-11-21)15-1-14-28-23(31)16-33-22-12-4-18(26)5-13-22/h2-13H,1,14-16H2,(H,28,31)(H,29,32). The van der Waals surface area contributed by atoms with Gasteiger partial charge in [0.05, 0.1) is 0 Å². The summed E-state index contributed by atoms with van der Waals surface area (Å²) in [6.45, 7) is 0.485. The molecule has 0 saturated heterocycles. The molecular weight excluding hydrogens is 468 g/mol. The number of benzene rings is 3. The van der Waals surface area contributed by atoms with Crippen LogP contribution in [0.5, 0.6) is 5.75 Å². The van der Waals surface area contributed by atoms with Gasteiger partial charge in [-0.05, 0) is 79.2 Å². The van der Waals surface area contributed by atoms with Crippen LogP contribution in [0.25, 0.3) is 0 Å². The van der Waals surface area contributed by atoms with Crippen LogP contribution in [0.3, 0.4) is 0 Å². The van der Waals surface area contributed by atoms with Crippen LogP contribution >= 0.6 is 23.2 Å². The molecule has 0 aliphatic carbocycles. The van der Waals surface area contributed by atoms with Crippen molar-refractivity contribution in [3.8, 4) is 5.75 Å². The maximum Gasteiger partial charge on any atom is 0.326 e. The van der Waals surface area contributed by atoms with Crippen LogP contribution in [0.2, 0.25) is 10.0 Å². The van der Waals surface area contributed by atoms with Crippen LogP contribution in [0.4, 0.5) is 20.6 Å². The molecule has 172 valence electrons. The Balaban J connectivity index is 1.52. The van der Waals surface area contributed by atoms with Gasteiger partial charge in [0.2, 0.25) is 0 Å². The minimum absolute atomic E-state index is 0.139. The van der Waals surface area contributed by atoms with Gasteiger partial charge in [0.1, 0.15) is 11.6 Å². The summed E-state index contributed by atoms with van der Waals surface area (Å²) in [4.78, 5) is 26.4. The largest absolute Gasteiger partial charge is 0.484 e. The molecule has 0 saturated carbocycles. The van der Waals surface area contributed by atoms with E-state index >= 15 is 0 Å². The van der Waals surface area contributed by atoms with Crippen LogP contribution in [0.15, 0.2) is 72.8 Å². The van der Waals surface area contributed by atoms with E-state index in [2.05, 4.69) is 10.6 Å². The van der Waals surface area contributed by atoms with E-state index in [1.54, 1.807) is 48.5 Å². The molecule has 9 heteroatoms. The van der Waals surface area contributed by atoms with Crippen LogP contribution in [0.1, 0.15) is 6.42 Å². The van der Waals surface area contributed by atoms with Gasteiger partial charge >= 0.3 is 6.03 Å². The second-order valence-electron chi connectivity index (χ2n) is 7.01. The second-order valence-corrected chi connectivity index (χ2v) is 7.88. The number of carbonyl (C=O) groups excluding carboxylic acids is 2. The van der Waals surface area contributed by atoms with Gasteiger partial charge in [0, 0.05) is 34.5 Å². The molecule has 3 aromatic carbocycles. The number of hydrogen-bond acceptors (Lipinski definition) is 3. The third kappa shape index (κ3) is 7.97. The fourth-order valence-corrected chi connectivity index (χ4v) is 3.14. The summed E-state index contributed by atoms with van der Waals surface area (Å²) in [5.74, 6) is -0.149. The van der Waals surface area contributed by atoms with Gasteiger partial charge in [0.15, 0.2) is 6.61 Å². The van der Waals surface area contributed by atoms with E-state index in [0.29, 0.717) is 46.7 Å². The third-order valence-electron chi connectivity index (χ3n) is 4.54. The number of ether oxygens (including phenoxy) is 1. The van der Waals surface area contributed by atoms with E-state index < -0.39 is 5.82 Å². The first-order chi connectivity index (χ1) is 15.9. The molecule has 0 atom stereocenters. The monoisotopic (exact) mass is 489 g/mol. The number of amides is 3. The minimum Gasteiger partial charge on any atom is -0.484 e. The van der Waals surface area contributed by atoms with Crippen molar-refractivity contribution in [3.63, 3.8) is 0 Å². The predicted octanol–water partition coefficient (Wildman–Crippen LogP) is 5.76. The summed E-state index contributed by atoms with van der Waals surface area (Å²) < 4.78 is 18.8. The van der Waals surface area contributed by atoms with E-state index in [1.165, 1.54) is 29.2 Å². The molecule has 33 heavy (non-hydrogen) atoms. The summed E-state index contributed by atoms with van der Waals surface area (Å²) in [7, 11) is 0. The Bertz CT molecular complexity index is 1060. The second kappa shape index (κ2) is 12.1. The van der Waals surface area contributed by atoms with E-state index in [1.807, 2.05) is 0 Å². The number of nitrogens with one attached hydrogen (secondary N) is 2. The molecule has 0 aromatic heterocycles. The lowest BCUT2D eigenvalue weighted by atomic mass is 10.2. The molecule has 6 nitrogen and oxygen atoms in total. The molecule has 2 N–H and O–H groups in total. The predicted molar refractivity (Wildman–Crippen MR) is 129 cm³/mol. The summed E-state index contributed by atoms with van der Waals surface area (Å²) in [5, 5.41) is 6.68. The summed E-state index contributed by atoms with van der Waals surface area (Å²) in [5.41, 5.74) is 1.10. The summed E-state index contributed by atoms with van der Waals surface area (Å²) in [6.07, 6.45) is 0.470. The van der Waals surface area contributed by atoms with Crippen molar-refractivity contribution in [1.82, 2.24) is 5.32 Å². The molecule has 3 amide bonds. The molecule has 3 aromatic rings. The minimum atomic E-state index is -0.398. The third-order valence-corrected chi connectivity index (χ3v) is 5.05. The van der Waals surface area contributed by atoms with E-state index in [0.717, 1.165) is 0 Å². The van der Waals surface area contributed by atoms with Crippen molar-refractivity contribution in [2.75, 3.05) is 29.9 Å². The van der Waals surface area contributed by atoms with Crippen molar-refractivity contribution in [2.45, 2.75) is 6.42 Å². The van der Waals surface area contributed by atoms with Gasteiger partial charge in [0.25, 0.3) is 5.91 Å². The van der Waals surface area contributed by atoms with Crippen molar-refractivity contribution in [3.05, 3.63) is 88.7 Å². The normalized spacial score (nSPS) is 10.4. The Morgan fingerprint density at radius 2 is 1.48 bits per heavy atom. The highest BCUT2D eigenvalue weighted by Gasteiger charge is 2.16. The molecule has 0 fully saturated rings. The zero-order chi connectivity index (χ0) is 23.6. The van der Waals surface area contributed by atoms with Gasteiger partial charge < -0.3 is 15.4 Å². The molecule has 0 aliphatic heterocycles.